The Balaban J connectivity index is 2.12. The van der Waals surface area contributed by atoms with Gasteiger partial charge in [0, 0.05) is 17.0 Å². The lowest BCUT2D eigenvalue weighted by molar-refractivity contribution is 0.590. The van der Waals surface area contributed by atoms with Crippen LogP contribution < -0.4 is 5.32 Å². The molecule has 2 aromatic heterocycles. The average Bonchev–Trinajstić information content (AvgIpc) is 2.84. The van der Waals surface area contributed by atoms with Gasteiger partial charge in [0.15, 0.2) is 11.6 Å². The molecular formula is C14H11ClFN3O. The maximum absolute atomic E-state index is 13.9. The van der Waals surface area contributed by atoms with E-state index in [4.69, 9.17) is 16.0 Å². The smallest absolute Gasteiger partial charge is 0.223 e. The summed E-state index contributed by atoms with van der Waals surface area (Å²) in [5.74, 6) is 0.181. The molecule has 4 nitrogen and oxygen atoms in total. The summed E-state index contributed by atoms with van der Waals surface area (Å²) in [6, 6.07) is 6.93. The molecular weight excluding hydrogens is 281 g/mol. The van der Waals surface area contributed by atoms with Crippen molar-refractivity contribution in [1.82, 2.24) is 9.97 Å². The zero-order valence-corrected chi connectivity index (χ0v) is 11.4. The van der Waals surface area contributed by atoms with Gasteiger partial charge in [0.25, 0.3) is 0 Å². The van der Waals surface area contributed by atoms with E-state index in [0.717, 1.165) is 11.6 Å². The molecule has 0 unspecified atom stereocenters. The third-order valence-electron chi connectivity index (χ3n) is 2.79. The van der Waals surface area contributed by atoms with Crippen molar-refractivity contribution < 1.29 is 8.81 Å². The highest BCUT2D eigenvalue weighted by Crippen LogP contribution is 2.30. The first-order chi connectivity index (χ1) is 9.67. The van der Waals surface area contributed by atoms with Gasteiger partial charge < -0.3 is 9.73 Å². The fourth-order valence-electron chi connectivity index (χ4n) is 1.91. The number of furan rings is 1. The molecule has 6 heteroatoms. The minimum atomic E-state index is -0.531. The van der Waals surface area contributed by atoms with E-state index in [9.17, 15) is 4.39 Å². The minimum absolute atomic E-state index is 0.128. The second kappa shape index (κ2) is 5.09. The van der Waals surface area contributed by atoms with Gasteiger partial charge in [0.1, 0.15) is 11.3 Å². The number of nitrogens with one attached hydrogen (secondary N) is 1. The van der Waals surface area contributed by atoms with Gasteiger partial charge >= 0.3 is 0 Å². The molecule has 3 aromatic rings. The molecule has 102 valence electrons. The van der Waals surface area contributed by atoms with Crippen LogP contribution in [0, 0.1) is 5.82 Å². The number of nitrogens with zero attached hydrogens (tertiary/aromatic N) is 2. The summed E-state index contributed by atoms with van der Waals surface area (Å²) in [5, 5.41) is 4.34. The molecule has 3 rings (SSSR count). The van der Waals surface area contributed by atoms with Crippen LogP contribution in [0.2, 0.25) is 5.02 Å². The van der Waals surface area contributed by atoms with Crippen LogP contribution in [0.1, 0.15) is 6.92 Å². The topological polar surface area (TPSA) is 51.0 Å². The molecule has 0 aliphatic rings. The number of aromatic nitrogens is 2. The molecule has 0 saturated heterocycles. The van der Waals surface area contributed by atoms with Gasteiger partial charge in [-0.1, -0.05) is 11.6 Å². The number of rotatable bonds is 3. The Morgan fingerprint density at radius 3 is 3.00 bits per heavy atom. The molecule has 0 aliphatic carbocycles. The van der Waals surface area contributed by atoms with Gasteiger partial charge in [0.05, 0.1) is 6.20 Å². The highest BCUT2D eigenvalue weighted by Gasteiger charge is 2.14. The molecule has 0 atom stereocenters. The first-order valence-electron chi connectivity index (χ1n) is 6.13. The molecule has 2 heterocycles. The van der Waals surface area contributed by atoms with Crippen LogP contribution in [-0.2, 0) is 0 Å². The van der Waals surface area contributed by atoms with Crippen LogP contribution in [0.15, 0.2) is 34.9 Å². The van der Waals surface area contributed by atoms with Gasteiger partial charge in [-0.15, -0.1) is 0 Å². The van der Waals surface area contributed by atoms with Crippen LogP contribution in [0.4, 0.5) is 10.3 Å². The maximum atomic E-state index is 13.9. The van der Waals surface area contributed by atoms with Crippen molar-refractivity contribution >= 4 is 28.5 Å². The Morgan fingerprint density at radius 1 is 1.35 bits per heavy atom. The third-order valence-corrected chi connectivity index (χ3v) is 3.03. The third kappa shape index (κ3) is 2.32. The number of benzene rings is 1. The van der Waals surface area contributed by atoms with Gasteiger partial charge in [-0.3, -0.25) is 0 Å². The van der Waals surface area contributed by atoms with Crippen LogP contribution in [0.3, 0.4) is 0 Å². The number of anilines is 1. The van der Waals surface area contributed by atoms with Crippen LogP contribution in [-0.4, -0.2) is 16.5 Å². The van der Waals surface area contributed by atoms with Crippen molar-refractivity contribution in [1.29, 1.82) is 0 Å². The molecule has 1 N–H and O–H groups in total. The number of fused-ring (bicyclic) bond motifs is 1. The average molecular weight is 292 g/mol. The lowest BCUT2D eigenvalue weighted by Crippen LogP contribution is -2.03. The van der Waals surface area contributed by atoms with E-state index in [0.29, 0.717) is 28.9 Å². The lowest BCUT2D eigenvalue weighted by atomic mass is 10.2. The summed E-state index contributed by atoms with van der Waals surface area (Å²) in [6.45, 7) is 2.57. The molecule has 1 aromatic carbocycles. The minimum Gasteiger partial charge on any atom is -0.454 e. The van der Waals surface area contributed by atoms with Crippen molar-refractivity contribution in [3.05, 3.63) is 41.3 Å². The van der Waals surface area contributed by atoms with Crippen LogP contribution >= 0.6 is 11.6 Å². The quantitative estimate of drug-likeness (QED) is 0.789. The summed E-state index contributed by atoms with van der Waals surface area (Å²) in [7, 11) is 0. The number of hydrogen-bond acceptors (Lipinski definition) is 4. The summed E-state index contributed by atoms with van der Waals surface area (Å²) in [4.78, 5) is 7.99. The van der Waals surface area contributed by atoms with Gasteiger partial charge in [-0.2, -0.15) is 0 Å². The summed E-state index contributed by atoms with van der Waals surface area (Å²) in [5.41, 5.74) is 0.760. The van der Waals surface area contributed by atoms with Crippen LogP contribution in [0.5, 0.6) is 0 Å². The Labute approximate surface area is 119 Å². The zero-order chi connectivity index (χ0) is 14.1. The Kier molecular flexibility index (Phi) is 3.28. The highest BCUT2D eigenvalue weighted by molar-refractivity contribution is 6.31. The Hall–Kier alpha value is -2.14. The number of hydrogen-bond donors (Lipinski definition) is 1. The van der Waals surface area contributed by atoms with Crippen LogP contribution in [0.25, 0.3) is 22.4 Å². The molecule has 0 fully saturated rings. The zero-order valence-electron chi connectivity index (χ0n) is 10.7. The van der Waals surface area contributed by atoms with E-state index in [1.807, 2.05) is 6.92 Å². The van der Waals surface area contributed by atoms with Gasteiger partial charge in [-0.05, 0) is 31.2 Å². The van der Waals surface area contributed by atoms with E-state index < -0.39 is 5.82 Å². The van der Waals surface area contributed by atoms with E-state index in [1.54, 1.807) is 24.3 Å². The molecule has 0 spiro atoms. The number of halogens is 2. The van der Waals surface area contributed by atoms with Gasteiger partial charge in [0.2, 0.25) is 5.95 Å². The molecule has 0 bridgehead atoms. The fourth-order valence-corrected chi connectivity index (χ4v) is 2.09. The maximum Gasteiger partial charge on any atom is 0.223 e. The summed E-state index contributed by atoms with van der Waals surface area (Å²) in [6.07, 6.45) is 1.13. The van der Waals surface area contributed by atoms with Crippen molar-refractivity contribution in [2.24, 2.45) is 0 Å². The largest absolute Gasteiger partial charge is 0.454 e. The van der Waals surface area contributed by atoms with E-state index in [2.05, 4.69) is 15.3 Å². The standard InChI is InChI=1S/C14H11ClFN3O/c1-2-17-14-18-7-10(16)13(19-14)12-6-8-5-9(15)3-4-11(8)20-12/h3-7H,2H2,1H3,(H,17,18,19). The predicted octanol–water partition coefficient (Wildman–Crippen LogP) is 4.11. The first kappa shape index (κ1) is 12.9. The highest BCUT2D eigenvalue weighted by atomic mass is 35.5. The van der Waals surface area contributed by atoms with Crippen molar-refractivity contribution in [3.63, 3.8) is 0 Å². The van der Waals surface area contributed by atoms with Crippen molar-refractivity contribution in [2.45, 2.75) is 6.92 Å². The van der Waals surface area contributed by atoms with E-state index in [-0.39, 0.29) is 5.69 Å². The predicted molar refractivity (Wildman–Crippen MR) is 76.4 cm³/mol. The summed E-state index contributed by atoms with van der Waals surface area (Å²) >= 11 is 5.92. The second-order valence-electron chi connectivity index (χ2n) is 4.21. The first-order valence-corrected chi connectivity index (χ1v) is 6.51. The molecule has 0 saturated carbocycles. The van der Waals surface area contributed by atoms with Crippen molar-refractivity contribution in [3.8, 4) is 11.5 Å². The van der Waals surface area contributed by atoms with Crippen molar-refractivity contribution in [2.75, 3.05) is 11.9 Å². The molecule has 0 aliphatic heterocycles. The lowest BCUT2D eigenvalue weighted by Gasteiger charge is -2.03. The second-order valence-corrected chi connectivity index (χ2v) is 4.65. The molecule has 0 amide bonds. The van der Waals surface area contributed by atoms with Gasteiger partial charge in [-0.25, -0.2) is 14.4 Å². The summed E-state index contributed by atoms with van der Waals surface area (Å²) < 4.78 is 19.5. The van der Waals surface area contributed by atoms with E-state index in [1.165, 1.54) is 0 Å². The monoisotopic (exact) mass is 291 g/mol. The normalized spacial score (nSPS) is 10.9. The fraction of sp³-hybridized carbons (Fsp3) is 0.143. The SMILES string of the molecule is CCNc1ncc(F)c(-c2cc3cc(Cl)ccc3o2)n1. The molecule has 0 radical (unpaired) electrons. The van der Waals surface area contributed by atoms with E-state index >= 15 is 0 Å². The Morgan fingerprint density at radius 2 is 2.20 bits per heavy atom. The Bertz CT molecular complexity index is 772. The molecule has 20 heavy (non-hydrogen) atoms.